The fraction of sp³-hybridized carbons (Fsp3) is 0.174. The highest BCUT2D eigenvalue weighted by Crippen LogP contribution is 2.31. The number of aryl methyl sites for hydroxylation is 1. The Balaban J connectivity index is 0.00000210. The lowest BCUT2D eigenvalue weighted by atomic mass is 10.0. The molecule has 1 aromatic heterocycles. The van der Waals surface area contributed by atoms with E-state index in [-0.39, 0.29) is 29.8 Å². The molecule has 0 fully saturated rings. The number of aromatic nitrogens is 1. The van der Waals surface area contributed by atoms with Gasteiger partial charge in [-0.1, -0.05) is 24.3 Å². The van der Waals surface area contributed by atoms with Crippen molar-refractivity contribution in [2.75, 3.05) is 11.4 Å². The molecule has 0 amide bonds. The lowest BCUT2D eigenvalue weighted by Crippen LogP contribution is -3.00. The summed E-state index contributed by atoms with van der Waals surface area (Å²) < 4.78 is 15.8. The van der Waals surface area contributed by atoms with Gasteiger partial charge in [-0.3, -0.25) is 0 Å². The maximum absolute atomic E-state index is 13.5. The number of hydrogen-bond donors (Lipinski definition) is 0. The Morgan fingerprint density at radius 2 is 1.81 bits per heavy atom. The number of nitrogens with zero attached hydrogens (tertiary/aromatic N) is 2. The number of likely N-dealkylation sites (N-methyl/N-ethyl adjacent to an activating group) is 1. The monoisotopic (exact) mass is 472 g/mol. The number of para-hydroxylation sites is 1. The molecular weight excluding hydrogens is 450 g/mol. The largest absolute Gasteiger partial charge is 1.00 e. The Labute approximate surface area is 176 Å². The SMILES string of the molecule is CCN1/C(=C/c2ccc3cc(F)ccc3[n+]2CC)C=Cc2ccccc21.[I-]. The lowest BCUT2D eigenvalue weighted by Gasteiger charge is -2.29. The summed E-state index contributed by atoms with van der Waals surface area (Å²) in [5.41, 5.74) is 5.80. The highest BCUT2D eigenvalue weighted by atomic mass is 127. The molecule has 1 aliphatic rings. The first-order chi connectivity index (χ1) is 12.7. The summed E-state index contributed by atoms with van der Waals surface area (Å²) in [5, 5.41) is 0.922. The van der Waals surface area contributed by atoms with Crippen LogP contribution in [-0.2, 0) is 6.54 Å². The van der Waals surface area contributed by atoms with Gasteiger partial charge in [-0.05, 0) is 49.8 Å². The highest BCUT2D eigenvalue weighted by molar-refractivity contribution is 5.80. The molecule has 1 aliphatic heterocycles. The molecule has 27 heavy (non-hydrogen) atoms. The van der Waals surface area contributed by atoms with Crippen LogP contribution in [0.2, 0.25) is 0 Å². The molecule has 2 aromatic carbocycles. The van der Waals surface area contributed by atoms with Crippen LogP contribution in [0.4, 0.5) is 10.1 Å². The van der Waals surface area contributed by atoms with Crippen LogP contribution in [0.1, 0.15) is 25.1 Å². The van der Waals surface area contributed by atoms with Crippen molar-refractivity contribution in [1.29, 1.82) is 0 Å². The van der Waals surface area contributed by atoms with E-state index in [0.717, 1.165) is 35.4 Å². The summed E-state index contributed by atoms with van der Waals surface area (Å²) in [5.74, 6) is -0.199. The first-order valence-electron chi connectivity index (χ1n) is 9.09. The molecule has 0 atom stereocenters. The number of rotatable bonds is 3. The van der Waals surface area contributed by atoms with Gasteiger partial charge >= 0.3 is 0 Å². The minimum atomic E-state index is -0.199. The van der Waals surface area contributed by atoms with Crippen LogP contribution in [0.5, 0.6) is 0 Å². The second-order valence-electron chi connectivity index (χ2n) is 6.41. The lowest BCUT2D eigenvalue weighted by molar-refractivity contribution is -0.669. The predicted molar refractivity (Wildman–Crippen MR) is 106 cm³/mol. The van der Waals surface area contributed by atoms with Crippen LogP contribution in [0.3, 0.4) is 0 Å². The van der Waals surface area contributed by atoms with Gasteiger partial charge in [0.15, 0.2) is 0 Å². The molecule has 2 nitrogen and oxygen atoms in total. The molecule has 4 heteroatoms. The van der Waals surface area contributed by atoms with Crippen molar-refractivity contribution in [1.82, 2.24) is 0 Å². The molecule has 0 spiro atoms. The van der Waals surface area contributed by atoms with E-state index in [4.69, 9.17) is 0 Å². The third-order valence-corrected chi connectivity index (χ3v) is 4.93. The Morgan fingerprint density at radius 1 is 1.00 bits per heavy atom. The third-order valence-electron chi connectivity index (χ3n) is 4.93. The molecule has 2 heterocycles. The minimum Gasteiger partial charge on any atom is -1.00 e. The zero-order valence-corrected chi connectivity index (χ0v) is 17.7. The van der Waals surface area contributed by atoms with Gasteiger partial charge in [0, 0.05) is 41.5 Å². The van der Waals surface area contributed by atoms with Crippen molar-refractivity contribution in [3.8, 4) is 0 Å². The van der Waals surface area contributed by atoms with E-state index >= 15 is 0 Å². The van der Waals surface area contributed by atoms with Gasteiger partial charge in [0.05, 0.1) is 0 Å². The van der Waals surface area contributed by atoms with Crippen LogP contribution in [0.25, 0.3) is 23.1 Å². The molecule has 4 rings (SSSR count). The number of benzene rings is 2. The summed E-state index contributed by atoms with van der Waals surface area (Å²) in [6, 6.07) is 17.5. The summed E-state index contributed by atoms with van der Waals surface area (Å²) in [4.78, 5) is 2.32. The van der Waals surface area contributed by atoms with Gasteiger partial charge in [-0.15, -0.1) is 0 Å². The van der Waals surface area contributed by atoms with Gasteiger partial charge in [0.1, 0.15) is 12.4 Å². The van der Waals surface area contributed by atoms with Crippen molar-refractivity contribution in [3.63, 3.8) is 0 Å². The van der Waals surface area contributed by atoms with Crippen LogP contribution >= 0.6 is 0 Å². The van der Waals surface area contributed by atoms with E-state index in [1.54, 1.807) is 6.07 Å². The van der Waals surface area contributed by atoms with Crippen molar-refractivity contribution in [2.45, 2.75) is 20.4 Å². The van der Waals surface area contributed by atoms with Crippen molar-refractivity contribution >= 4 is 28.7 Å². The Morgan fingerprint density at radius 3 is 2.59 bits per heavy atom. The fourth-order valence-electron chi connectivity index (χ4n) is 3.70. The summed E-state index contributed by atoms with van der Waals surface area (Å²) in [7, 11) is 0. The summed E-state index contributed by atoms with van der Waals surface area (Å²) >= 11 is 0. The Kier molecular flexibility index (Phi) is 5.95. The molecule has 0 saturated heterocycles. The maximum Gasteiger partial charge on any atom is 0.213 e. The molecule has 138 valence electrons. The molecule has 0 saturated carbocycles. The number of fused-ring (bicyclic) bond motifs is 2. The van der Waals surface area contributed by atoms with E-state index in [1.165, 1.54) is 17.3 Å². The molecular formula is C23H22FIN2. The zero-order valence-electron chi connectivity index (χ0n) is 15.5. The van der Waals surface area contributed by atoms with E-state index in [9.17, 15) is 4.39 Å². The fourth-order valence-corrected chi connectivity index (χ4v) is 3.70. The summed E-state index contributed by atoms with van der Waals surface area (Å²) in [6.45, 7) is 6.02. The van der Waals surface area contributed by atoms with E-state index in [1.807, 2.05) is 12.1 Å². The molecule has 0 unspecified atom stereocenters. The van der Waals surface area contributed by atoms with Crippen LogP contribution in [-0.4, -0.2) is 6.54 Å². The number of halogens is 2. The minimum absolute atomic E-state index is 0. The van der Waals surface area contributed by atoms with Crippen LogP contribution in [0.15, 0.2) is 66.4 Å². The number of allylic oxidation sites excluding steroid dienone is 1. The van der Waals surface area contributed by atoms with Crippen molar-refractivity contribution in [2.24, 2.45) is 0 Å². The molecule has 3 aromatic rings. The van der Waals surface area contributed by atoms with Gasteiger partial charge in [0.2, 0.25) is 11.2 Å². The quantitative estimate of drug-likeness (QED) is 0.419. The van der Waals surface area contributed by atoms with Crippen LogP contribution in [0, 0.1) is 5.82 Å². The van der Waals surface area contributed by atoms with Crippen molar-refractivity contribution in [3.05, 3.63) is 83.4 Å². The molecule has 0 aliphatic carbocycles. The van der Waals surface area contributed by atoms with Gasteiger partial charge in [-0.25, -0.2) is 4.39 Å². The average Bonchev–Trinajstić information content (AvgIpc) is 2.67. The second kappa shape index (κ2) is 8.21. The van der Waals surface area contributed by atoms with E-state index in [2.05, 4.69) is 71.9 Å². The number of hydrogen-bond acceptors (Lipinski definition) is 1. The Bertz CT molecular complexity index is 1040. The van der Waals surface area contributed by atoms with Gasteiger partial charge in [0.25, 0.3) is 0 Å². The third kappa shape index (κ3) is 3.63. The molecule has 0 N–H and O–H groups in total. The first-order valence-corrected chi connectivity index (χ1v) is 9.09. The number of pyridine rings is 1. The van der Waals surface area contributed by atoms with Gasteiger partial charge in [-0.2, -0.15) is 4.57 Å². The standard InChI is InChI=1S/C23H22FN2.HI/c1-3-25-20(12-9-17-7-5-6-8-22(17)25)16-21-13-10-18-15-19(24)11-14-23(18)26(21)4-2;/h5-16H,3-4H2,1-2H3;1H/q+1;/p-1. The van der Waals surface area contributed by atoms with Gasteiger partial charge < -0.3 is 28.9 Å². The first kappa shape index (κ1) is 19.5. The Hall–Kier alpha value is -2.21. The van der Waals surface area contributed by atoms with Crippen molar-refractivity contribution < 1.29 is 32.9 Å². The number of anilines is 1. The summed E-state index contributed by atoms with van der Waals surface area (Å²) in [6.07, 6.45) is 6.54. The average molecular weight is 472 g/mol. The second-order valence-corrected chi connectivity index (χ2v) is 6.41. The smallest absolute Gasteiger partial charge is 0.213 e. The predicted octanol–water partition coefficient (Wildman–Crippen LogP) is 2.18. The van der Waals surface area contributed by atoms with E-state index in [0.29, 0.717) is 0 Å². The zero-order chi connectivity index (χ0) is 18.1. The van der Waals surface area contributed by atoms with Crippen LogP contribution < -0.4 is 33.4 Å². The highest BCUT2D eigenvalue weighted by Gasteiger charge is 2.18. The normalized spacial score (nSPS) is 14.3. The maximum atomic E-state index is 13.5. The topological polar surface area (TPSA) is 7.12 Å². The molecule has 0 radical (unpaired) electrons. The molecule has 0 bridgehead atoms. The van der Waals surface area contributed by atoms with E-state index < -0.39 is 0 Å².